The number of hydrogen-bond acceptors (Lipinski definition) is 7. The van der Waals surface area contributed by atoms with Crippen LogP contribution in [0.25, 0.3) is 0 Å². The number of sulfonamides is 1. The van der Waals surface area contributed by atoms with Crippen molar-refractivity contribution >= 4 is 22.1 Å². The van der Waals surface area contributed by atoms with Gasteiger partial charge in [0.2, 0.25) is 0 Å². The third-order valence-electron chi connectivity index (χ3n) is 4.67. The molecular weight excluding hydrogens is 458 g/mol. The van der Waals surface area contributed by atoms with Gasteiger partial charge in [0.25, 0.3) is 15.9 Å². The lowest BCUT2D eigenvalue weighted by Gasteiger charge is -2.13. The molecule has 0 saturated carbocycles. The third kappa shape index (κ3) is 6.26. The van der Waals surface area contributed by atoms with Crippen LogP contribution in [-0.4, -0.2) is 34.3 Å². The topological polar surface area (TPSA) is 129 Å². The summed E-state index contributed by atoms with van der Waals surface area (Å²) >= 11 is 0. The van der Waals surface area contributed by atoms with Crippen LogP contribution in [0.1, 0.15) is 28.4 Å². The number of ether oxygens (including phenoxy) is 3. The SMILES string of the molecule is CCOc1ccc(S(=O)(=O)NN=Cc2ccc(OC)c(COc3ccccc3C(N)=O)c2)cc1. The highest BCUT2D eigenvalue weighted by Gasteiger charge is 2.13. The molecule has 10 heteroatoms. The number of hydrogen-bond donors (Lipinski definition) is 2. The summed E-state index contributed by atoms with van der Waals surface area (Å²) in [6.07, 6.45) is 1.37. The minimum absolute atomic E-state index is 0.0602. The number of methoxy groups -OCH3 is 1. The van der Waals surface area contributed by atoms with E-state index in [1.54, 1.807) is 54.6 Å². The van der Waals surface area contributed by atoms with Gasteiger partial charge >= 0.3 is 0 Å². The quantitative estimate of drug-likeness (QED) is 0.318. The summed E-state index contributed by atoms with van der Waals surface area (Å²) in [5, 5.41) is 3.86. The summed E-state index contributed by atoms with van der Waals surface area (Å²) in [6, 6.07) is 17.8. The number of hydrazone groups is 1. The number of amides is 1. The minimum atomic E-state index is -3.84. The Labute approximate surface area is 198 Å². The summed E-state index contributed by atoms with van der Waals surface area (Å²) in [6.45, 7) is 2.42. The number of benzene rings is 3. The molecule has 1 amide bonds. The van der Waals surface area contributed by atoms with Gasteiger partial charge in [-0.2, -0.15) is 13.5 Å². The number of nitrogens with zero attached hydrogens (tertiary/aromatic N) is 1. The van der Waals surface area contributed by atoms with Crippen molar-refractivity contribution in [2.24, 2.45) is 10.8 Å². The van der Waals surface area contributed by atoms with E-state index in [2.05, 4.69) is 9.93 Å². The van der Waals surface area contributed by atoms with Gasteiger partial charge in [-0.25, -0.2) is 4.83 Å². The zero-order valence-electron chi connectivity index (χ0n) is 18.7. The molecule has 34 heavy (non-hydrogen) atoms. The van der Waals surface area contributed by atoms with Crippen LogP contribution < -0.4 is 24.8 Å². The van der Waals surface area contributed by atoms with Crippen molar-refractivity contribution in [1.29, 1.82) is 0 Å². The average molecular weight is 484 g/mol. The standard InChI is InChI=1S/C24H25N3O6S/c1-3-32-19-9-11-20(12-10-19)34(29,30)27-26-15-17-8-13-22(31-2)18(14-17)16-33-23-7-5-4-6-21(23)24(25)28/h4-15,27H,3,16H2,1-2H3,(H2,25,28). The fourth-order valence-corrected chi connectivity index (χ4v) is 3.84. The van der Waals surface area contributed by atoms with Crippen molar-refractivity contribution in [3.8, 4) is 17.2 Å². The Morgan fingerprint density at radius 3 is 2.44 bits per heavy atom. The largest absolute Gasteiger partial charge is 0.496 e. The second-order valence-corrected chi connectivity index (χ2v) is 8.64. The molecule has 0 radical (unpaired) electrons. The molecule has 0 saturated heterocycles. The van der Waals surface area contributed by atoms with E-state index < -0.39 is 15.9 Å². The van der Waals surface area contributed by atoms with Gasteiger partial charge in [0.05, 0.1) is 30.4 Å². The van der Waals surface area contributed by atoms with Gasteiger partial charge in [-0.15, -0.1) is 0 Å². The van der Waals surface area contributed by atoms with Crippen molar-refractivity contribution < 1.29 is 27.4 Å². The smallest absolute Gasteiger partial charge is 0.276 e. The van der Waals surface area contributed by atoms with Crippen molar-refractivity contribution in [3.05, 3.63) is 83.4 Å². The van der Waals surface area contributed by atoms with E-state index in [-0.39, 0.29) is 17.1 Å². The summed E-state index contributed by atoms with van der Waals surface area (Å²) in [7, 11) is -2.32. The van der Waals surface area contributed by atoms with Gasteiger partial charge in [-0.05, 0) is 67.1 Å². The molecule has 0 atom stereocenters. The number of primary amides is 1. The first-order valence-corrected chi connectivity index (χ1v) is 11.8. The Morgan fingerprint density at radius 2 is 1.76 bits per heavy atom. The summed E-state index contributed by atoms with van der Waals surface area (Å²) < 4.78 is 41.4. The molecule has 0 aliphatic rings. The minimum Gasteiger partial charge on any atom is -0.496 e. The van der Waals surface area contributed by atoms with Gasteiger partial charge in [-0.3, -0.25) is 4.79 Å². The van der Waals surface area contributed by atoms with E-state index in [1.165, 1.54) is 25.5 Å². The van der Waals surface area contributed by atoms with Gasteiger partial charge in [0.15, 0.2) is 0 Å². The first-order chi connectivity index (χ1) is 16.3. The van der Waals surface area contributed by atoms with Gasteiger partial charge in [-0.1, -0.05) is 12.1 Å². The number of carbonyl (C=O) groups excluding carboxylic acids is 1. The Kier molecular flexibility index (Phi) is 8.10. The third-order valence-corrected chi connectivity index (χ3v) is 5.91. The second kappa shape index (κ2) is 11.2. The summed E-state index contributed by atoms with van der Waals surface area (Å²) in [5.74, 6) is 0.891. The van der Waals surface area contributed by atoms with E-state index in [0.717, 1.165) is 0 Å². The zero-order chi connectivity index (χ0) is 24.6. The van der Waals surface area contributed by atoms with E-state index in [1.807, 2.05) is 6.92 Å². The predicted octanol–water partition coefficient (Wildman–Crippen LogP) is 3.08. The molecule has 0 aliphatic carbocycles. The van der Waals surface area contributed by atoms with E-state index in [4.69, 9.17) is 19.9 Å². The Morgan fingerprint density at radius 1 is 1.03 bits per heavy atom. The molecule has 0 heterocycles. The van der Waals surface area contributed by atoms with Crippen LogP contribution >= 0.6 is 0 Å². The van der Waals surface area contributed by atoms with E-state index in [9.17, 15) is 13.2 Å². The summed E-state index contributed by atoms with van der Waals surface area (Å²) in [4.78, 5) is 13.8. The maximum absolute atomic E-state index is 12.5. The second-order valence-electron chi connectivity index (χ2n) is 6.98. The number of nitrogens with two attached hydrogens (primary N) is 1. The fraction of sp³-hybridized carbons (Fsp3) is 0.167. The van der Waals surface area contributed by atoms with Crippen LogP contribution in [0.4, 0.5) is 0 Å². The molecule has 9 nitrogen and oxygen atoms in total. The van der Waals surface area contributed by atoms with E-state index >= 15 is 0 Å². The number of rotatable bonds is 11. The van der Waals surface area contributed by atoms with Crippen LogP contribution in [-0.2, 0) is 16.6 Å². The Balaban J connectivity index is 1.72. The molecule has 0 bridgehead atoms. The van der Waals surface area contributed by atoms with Crippen LogP contribution in [0.15, 0.2) is 76.7 Å². The summed E-state index contributed by atoms with van der Waals surface area (Å²) in [5.41, 5.74) is 6.93. The maximum Gasteiger partial charge on any atom is 0.276 e. The Bertz CT molecular complexity index is 1270. The van der Waals surface area contributed by atoms with Gasteiger partial charge in [0.1, 0.15) is 23.9 Å². The lowest BCUT2D eigenvalue weighted by Crippen LogP contribution is -2.18. The molecule has 0 aliphatic heterocycles. The van der Waals surface area contributed by atoms with Crippen molar-refractivity contribution in [3.63, 3.8) is 0 Å². The highest BCUT2D eigenvalue weighted by atomic mass is 32.2. The van der Waals surface area contributed by atoms with Crippen LogP contribution in [0, 0.1) is 0 Å². The molecule has 178 valence electrons. The van der Waals surface area contributed by atoms with Crippen molar-refractivity contribution in [2.75, 3.05) is 13.7 Å². The normalized spacial score (nSPS) is 11.2. The Hall–Kier alpha value is -4.05. The maximum atomic E-state index is 12.5. The lowest BCUT2D eigenvalue weighted by molar-refractivity contribution is 0.0996. The number of carbonyl (C=O) groups is 1. The zero-order valence-corrected chi connectivity index (χ0v) is 19.5. The molecule has 0 unspecified atom stereocenters. The average Bonchev–Trinajstić information content (AvgIpc) is 2.83. The number of para-hydroxylation sites is 1. The molecule has 0 spiro atoms. The number of nitrogens with one attached hydrogen (secondary N) is 1. The van der Waals surface area contributed by atoms with Crippen LogP contribution in [0.3, 0.4) is 0 Å². The molecule has 0 aromatic heterocycles. The van der Waals surface area contributed by atoms with Crippen molar-refractivity contribution in [1.82, 2.24) is 4.83 Å². The highest BCUT2D eigenvalue weighted by Crippen LogP contribution is 2.24. The lowest BCUT2D eigenvalue weighted by atomic mass is 10.1. The molecule has 3 aromatic carbocycles. The first kappa shape index (κ1) is 24.6. The van der Waals surface area contributed by atoms with Gasteiger partial charge in [0, 0.05) is 5.56 Å². The first-order valence-electron chi connectivity index (χ1n) is 10.3. The predicted molar refractivity (Wildman–Crippen MR) is 128 cm³/mol. The molecule has 3 aromatic rings. The van der Waals surface area contributed by atoms with Crippen LogP contribution in [0.2, 0.25) is 0 Å². The molecular formula is C24H25N3O6S. The highest BCUT2D eigenvalue weighted by molar-refractivity contribution is 7.89. The molecule has 3 rings (SSSR count). The molecule has 3 N–H and O–H groups in total. The van der Waals surface area contributed by atoms with E-state index in [0.29, 0.717) is 35.0 Å². The monoisotopic (exact) mass is 483 g/mol. The van der Waals surface area contributed by atoms with Crippen molar-refractivity contribution in [2.45, 2.75) is 18.4 Å². The van der Waals surface area contributed by atoms with Gasteiger partial charge < -0.3 is 19.9 Å². The van der Waals surface area contributed by atoms with Crippen LogP contribution in [0.5, 0.6) is 17.2 Å². The molecule has 0 fully saturated rings. The fourth-order valence-electron chi connectivity index (χ4n) is 3.05.